The second kappa shape index (κ2) is 7.02. The third kappa shape index (κ3) is 3.92. The number of nitrogens with zero attached hydrogens (tertiary/aromatic N) is 1. The van der Waals surface area contributed by atoms with E-state index in [1.54, 1.807) is 24.3 Å². The molecule has 0 radical (unpaired) electrons. The van der Waals surface area contributed by atoms with Crippen molar-refractivity contribution in [3.05, 3.63) is 53.1 Å². The van der Waals surface area contributed by atoms with Gasteiger partial charge in [-0.05, 0) is 18.2 Å². The minimum Gasteiger partial charge on any atom is -0.484 e. The molecule has 2 aromatic carbocycles. The van der Waals surface area contributed by atoms with Crippen molar-refractivity contribution < 1.29 is 19.0 Å². The standard InChI is InChI=1S/C16H13ClN2O4/c17-13-7-15-14(22-10-23-15)6-11(13)8-18-19-16(20)9-21-12-4-2-1-3-5-12/h1-8H,9-10H2,(H,19,20)/b18-8-. The molecule has 1 N–H and O–H groups in total. The molecule has 7 heteroatoms. The molecule has 0 saturated carbocycles. The van der Waals surface area contributed by atoms with E-state index >= 15 is 0 Å². The lowest BCUT2D eigenvalue weighted by Gasteiger charge is -2.04. The minimum absolute atomic E-state index is 0.129. The van der Waals surface area contributed by atoms with E-state index in [-0.39, 0.29) is 19.3 Å². The van der Waals surface area contributed by atoms with E-state index in [0.29, 0.717) is 27.8 Å². The predicted octanol–water partition coefficient (Wildman–Crippen LogP) is 2.60. The molecule has 0 saturated heterocycles. The van der Waals surface area contributed by atoms with Crippen LogP contribution in [0.25, 0.3) is 0 Å². The second-order valence-corrected chi connectivity index (χ2v) is 5.03. The van der Waals surface area contributed by atoms with Crippen molar-refractivity contribution in [3.8, 4) is 17.2 Å². The van der Waals surface area contributed by atoms with Gasteiger partial charge < -0.3 is 14.2 Å². The van der Waals surface area contributed by atoms with E-state index in [9.17, 15) is 4.79 Å². The van der Waals surface area contributed by atoms with Gasteiger partial charge in [-0.3, -0.25) is 4.79 Å². The molecule has 1 amide bonds. The molecule has 2 aromatic rings. The number of fused-ring (bicyclic) bond motifs is 1. The van der Waals surface area contributed by atoms with Gasteiger partial charge in [0, 0.05) is 11.6 Å². The molecule has 1 aliphatic rings. The van der Waals surface area contributed by atoms with Gasteiger partial charge in [-0.15, -0.1) is 0 Å². The fourth-order valence-electron chi connectivity index (χ4n) is 1.90. The molecular weight excluding hydrogens is 320 g/mol. The maximum absolute atomic E-state index is 11.7. The van der Waals surface area contributed by atoms with Crippen molar-refractivity contribution in [2.75, 3.05) is 13.4 Å². The SMILES string of the molecule is O=C(COc1ccccc1)N/N=C\c1cc2c(cc1Cl)OCO2. The summed E-state index contributed by atoms with van der Waals surface area (Å²) in [6.07, 6.45) is 1.44. The summed E-state index contributed by atoms with van der Waals surface area (Å²) in [5.41, 5.74) is 2.98. The molecule has 0 fully saturated rings. The summed E-state index contributed by atoms with van der Waals surface area (Å²) >= 11 is 6.10. The number of amides is 1. The fraction of sp³-hybridized carbons (Fsp3) is 0.125. The molecule has 6 nitrogen and oxygen atoms in total. The van der Waals surface area contributed by atoms with Crippen molar-refractivity contribution in [3.63, 3.8) is 0 Å². The third-order valence-electron chi connectivity index (χ3n) is 3.00. The summed E-state index contributed by atoms with van der Waals surface area (Å²) in [6.45, 7) is 0.0377. The second-order valence-electron chi connectivity index (χ2n) is 4.62. The number of ether oxygens (including phenoxy) is 3. The summed E-state index contributed by atoms with van der Waals surface area (Å²) in [4.78, 5) is 11.7. The lowest BCUT2D eigenvalue weighted by molar-refractivity contribution is -0.123. The lowest BCUT2D eigenvalue weighted by atomic mass is 10.2. The Morgan fingerprint density at radius 3 is 2.78 bits per heavy atom. The van der Waals surface area contributed by atoms with Crippen molar-refractivity contribution in [2.24, 2.45) is 5.10 Å². The smallest absolute Gasteiger partial charge is 0.277 e. The van der Waals surface area contributed by atoms with Gasteiger partial charge in [0.2, 0.25) is 6.79 Å². The third-order valence-corrected chi connectivity index (χ3v) is 3.33. The monoisotopic (exact) mass is 332 g/mol. The van der Waals surface area contributed by atoms with Crippen LogP contribution in [0.4, 0.5) is 0 Å². The highest BCUT2D eigenvalue weighted by atomic mass is 35.5. The minimum atomic E-state index is -0.373. The van der Waals surface area contributed by atoms with E-state index < -0.39 is 0 Å². The number of nitrogens with one attached hydrogen (secondary N) is 1. The first-order valence-electron chi connectivity index (χ1n) is 6.81. The van der Waals surface area contributed by atoms with Crippen LogP contribution in [0.1, 0.15) is 5.56 Å². The highest BCUT2D eigenvalue weighted by Crippen LogP contribution is 2.36. The zero-order chi connectivity index (χ0) is 16.1. The Labute approximate surface area is 137 Å². The maximum Gasteiger partial charge on any atom is 0.277 e. The number of rotatable bonds is 5. The van der Waals surface area contributed by atoms with Crippen LogP contribution in [0.3, 0.4) is 0 Å². The number of hydrazone groups is 1. The van der Waals surface area contributed by atoms with Crippen LogP contribution in [0.2, 0.25) is 5.02 Å². The van der Waals surface area contributed by atoms with E-state index in [1.165, 1.54) is 6.21 Å². The largest absolute Gasteiger partial charge is 0.484 e. The predicted molar refractivity (Wildman–Crippen MR) is 85.2 cm³/mol. The molecule has 0 atom stereocenters. The fourth-order valence-corrected chi connectivity index (χ4v) is 2.11. The number of benzene rings is 2. The summed E-state index contributed by atoms with van der Waals surface area (Å²) in [5, 5.41) is 4.31. The first-order chi connectivity index (χ1) is 11.2. The van der Waals surface area contributed by atoms with Gasteiger partial charge in [-0.25, -0.2) is 5.43 Å². The van der Waals surface area contributed by atoms with E-state index in [4.69, 9.17) is 25.8 Å². The van der Waals surface area contributed by atoms with Crippen LogP contribution in [0, 0.1) is 0 Å². The van der Waals surface area contributed by atoms with Crippen LogP contribution < -0.4 is 19.6 Å². The lowest BCUT2D eigenvalue weighted by Crippen LogP contribution is -2.24. The number of halogens is 1. The first kappa shape index (κ1) is 15.2. The molecule has 23 heavy (non-hydrogen) atoms. The Morgan fingerprint density at radius 2 is 2.00 bits per heavy atom. The van der Waals surface area contributed by atoms with E-state index in [2.05, 4.69) is 10.5 Å². The number of carbonyl (C=O) groups is 1. The zero-order valence-electron chi connectivity index (χ0n) is 12.0. The number of carbonyl (C=O) groups excluding carboxylic acids is 1. The average molecular weight is 333 g/mol. The Hall–Kier alpha value is -2.73. The maximum atomic E-state index is 11.7. The molecular formula is C16H13ClN2O4. The van der Waals surface area contributed by atoms with Crippen molar-refractivity contribution in [1.82, 2.24) is 5.43 Å². The van der Waals surface area contributed by atoms with Crippen LogP contribution in [0.5, 0.6) is 17.2 Å². The van der Waals surface area contributed by atoms with E-state index in [1.807, 2.05) is 18.2 Å². The summed E-state index contributed by atoms with van der Waals surface area (Å²) < 4.78 is 15.8. The highest BCUT2D eigenvalue weighted by Gasteiger charge is 2.15. The average Bonchev–Trinajstić information content (AvgIpc) is 3.01. The highest BCUT2D eigenvalue weighted by molar-refractivity contribution is 6.33. The van der Waals surface area contributed by atoms with E-state index in [0.717, 1.165) is 0 Å². The number of para-hydroxylation sites is 1. The molecule has 1 aliphatic heterocycles. The Morgan fingerprint density at radius 1 is 1.26 bits per heavy atom. The topological polar surface area (TPSA) is 69.2 Å². The Kier molecular flexibility index (Phi) is 4.63. The van der Waals surface area contributed by atoms with Crippen LogP contribution in [0.15, 0.2) is 47.6 Å². The van der Waals surface area contributed by atoms with Crippen LogP contribution in [-0.2, 0) is 4.79 Å². The van der Waals surface area contributed by atoms with Crippen molar-refractivity contribution >= 4 is 23.7 Å². The number of hydrogen-bond acceptors (Lipinski definition) is 5. The summed E-state index contributed by atoms with van der Waals surface area (Å²) in [5.74, 6) is 1.43. The Balaban J connectivity index is 1.53. The van der Waals surface area contributed by atoms with Crippen LogP contribution in [-0.4, -0.2) is 25.5 Å². The summed E-state index contributed by atoms with van der Waals surface area (Å²) in [6, 6.07) is 12.4. The van der Waals surface area contributed by atoms with Gasteiger partial charge >= 0.3 is 0 Å². The molecule has 118 valence electrons. The number of hydrogen-bond donors (Lipinski definition) is 1. The molecule has 0 spiro atoms. The zero-order valence-corrected chi connectivity index (χ0v) is 12.7. The van der Waals surface area contributed by atoms with Crippen LogP contribution >= 0.6 is 11.6 Å². The van der Waals surface area contributed by atoms with Gasteiger partial charge in [-0.2, -0.15) is 5.10 Å². The van der Waals surface area contributed by atoms with Crippen molar-refractivity contribution in [1.29, 1.82) is 0 Å². The molecule has 0 bridgehead atoms. The molecule has 1 heterocycles. The Bertz CT molecular complexity index is 734. The molecule has 0 unspecified atom stereocenters. The van der Waals surface area contributed by atoms with Gasteiger partial charge in [0.05, 0.1) is 11.2 Å². The quantitative estimate of drug-likeness (QED) is 0.675. The molecule has 0 aromatic heterocycles. The van der Waals surface area contributed by atoms with Gasteiger partial charge in [-0.1, -0.05) is 29.8 Å². The van der Waals surface area contributed by atoms with Gasteiger partial charge in [0.1, 0.15) is 5.75 Å². The molecule has 3 rings (SSSR count). The molecule has 0 aliphatic carbocycles. The van der Waals surface area contributed by atoms with Gasteiger partial charge in [0.25, 0.3) is 5.91 Å². The summed E-state index contributed by atoms with van der Waals surface area (Å²) in [7, 11) is 0. The van der Waals surface area contributed by atoms with Crippen molar-refractivity contribution in [2.45, 2.75) is 0 Å². The first-order valence-corrected chi connectivity index (χ1v) is 7.19. The normalized spacial score (nSPS) is 12.4. The van der Waals surface area contributed by atoms with Gasteiger partial charge in [0.15, 0.2) is 18.1 Å².